The van der Waals surface area contributed by atoms with Crippen molar-refractivity contribution in [1.82, 2.24) is 9.88 Å². The Bertz CT molecular complexity index is 366. The standard InChI is InChI=1S/C13H19N3O/c1-2-3-4-9-15-10-11-16(13(15)17)12-5-7-14-8-6-12/h5-8H,2-4,9-11H2,1H3. The lowest BCUT2D eigenvalue weighted by Crippen LogP contribution is -2.32. The number of carbonyl (C=O) groups is 1. The Hall–Kier alpha value is -1.58. The van der Waals surface area contributed by atoms with E-state index in [0.717, 1.165) is 31.7 Å². The van der Waals surface area contributed by atoms with Crippen LogP contribution >= 0.6 is 0 Å². The van der Waals surface area contributed by atoms with Gasteiger partial charge in [-0.05, 0) is 18.6 Å². The predicted octanol–water partition coefficient (Wildman–Crippen LogP) is 2.51. The first-order chi connectivity index (χ1) is 8.33. The molecule has 0 aromatic carbocycles. The quantitative estimate of drug-likeness (QED) is 0.733. The predicted molar refractivity (Wildman–Crippen MR) is 68.1 cm³/mol. The molecule has 0 atom stereocenters. The number of amides is 2. The number of nitrogens with zero attached hydrogens (tertiary/aromatic N) is 3. The molecular formula is C13H19N3O. The van der Waals surface area contributed by atoms with Crippen molar-refractivity contribution in [2.24, 2.45) is 0 Å². The van der Waals surface area contributed by atoms with Gasteiger partial charge in [-0.15, -0.1) is 0 Å². The largest absolute Gasteiger partial charge is 0.324 e. The minimum atomic E-state index is 0.132. The molecule has 4 nitrogen and oxygen atoms in total. The maximum Gasteiger partial charge on any atom is 0.324 e. The molecule has 92 valence electrons. The summed E-state index contributed by atoms with van der Waals surface area (Å²) in [5.74, 6) is 0. The van der Waals surface area contributed by atoms with E-state index in [0.29, 0.717) is 0 Å². The van der Waals surface area contributed by atoms with E-state index in [2.05, 4.69) is 11.9 Å². The topological polar surface area (TPSA) is 36.4 Å². The second kappa shape index (κ2) is 5.66. The molecule has 1 aliphatic rings. The molecule has 0 radical (unpaired) electrons. The van der Waals surface area contributed by atoms with E-state index in [-0.39, 0.29) is 6.03 Å². The first-order valence-corrected chi connectivity index (χ1v) is 6.29. The summed E-state index contributed by atoms with van der Waals surface area (Å²) in [6.07, 6.45) is 6.94. The molecule has 0 unspecified atom stereocenters. The first kappa shape index (κ1) is 11.9. The summed E-state index contributed by atoms with van der Waals surface area (Å²) in [4.78, 5) is 19.9. The molecule has 1 saturated heterocycles. The van der Waals surface area contributed by atoms with Crippen molar-refractivity contribution in [2.45, 2.75) is 26.2 Å². The molecule has 2 heterocycles. The Balaban J connectivity index is 1.94. The maximum atomic E-state index is 12.1. The van der Waals surface area contributed by atoms with Gasteiger partial charge in [-0.2, -0.15) is 0 Å². The average Bonchev–Trinajstić information content (AvgIpc) is 2.73. The van der Waals surface area contributed by atoms with Crippen LogP contribution in [-0.4, -0.2) is 35.5 Å². The van der Waals surface area contributed by atoms with Gasteiger partial charge in [0.1, 0.15) is 0 Å². The van der Waals surface area contributed by atoms with Gasteiger partial charge in [0.25, 0.3) is 0 Å². The van der Waals surface area contributed by atoms with E-state index >= 15 is 0 Å². The molecule has 2 rings (SSSR count). The zero-order valence-electron chi connectivity index (χ0n) is 10.3. The number of carbonyl (C=O) groups excluding carboxylic acids is 1. The van der Waals surface area contributed by atoms with E-state index in [4.69, 9.17) is 0 Å². The highest BCUT2D eigenvalue weighted by Crippen LogP contribution is 2.19. The normalized spacial score (nSPS) is 15.7. The van der Waals surface area contributed by atoms with Crippen LogP contribution < -0.4 is 4.90 Å². The van der Waals surface area contributed by atoms with E-state index < -0.39 is 0 Å². The molecule has 0 bridgehead atoms. The van der Waals surface area contributed by atoms with Gasteiger partial charge in [-0.1, -0.05) is 19.8 Å². The highest BCUT2D eigenvalue weighted by Gasteiger charge is 2.28. The van der Waals surface area contributed by atoms with E-state index in [1.807, 2.05) is 21.9 Å². The number of rotatable bonds is 5. The minimum Gasteiger partial charge on any atom is -0.323 e. The van der Waals surface area contributed by atoms with E-state index in [1.165, 1.54) is 12.8 Å². The molecule has 1 aliphatic heterocycles. The van der Waals surface area contributed by atoms with E-state index in [1.54, 1.807) is 12.4 Å². The number of aromatic nitrogens is 1. The summed E-state index contributed by atoms with van der Waals surface area (Å²) in [7, 11) is 0. The molecule has 17 heavy (non-hydrogen) atoms. The molecule has 0 saturated carbocycles. The summed E-state index contributed by atoms with van der Waals surface area (Å²) >= 11 is 0. The van der Waals surface area contributed by atoms with Gasteiger partial charge in [0.2, 0.25) is 0 Å². The Morgan fingerprint density at radius 1 is 1.24 bits per heavy atom. The summed E-state index contributed by atoms with van der Waals surface area (Å²) in [6, 6.07) is 3.90. The number of hydrogen-bond donors (Lipinski definition) is 0. The van der Waals surface area contributed by atoms with Crippen LogP contribution in [0.25, 0.3) is 0 Å². The highest BCUT2D eigenvalue weighted by atomic mass is 16.2. The third-order valence-electron chi connectivity index (χ3n) is 3.10. The molecule has 1 aromatic heterocycles. The number of hydrogen-bond acceptors (Lipinski definition) is 2. The van der Waals surface area contributed by atoms with Gasteiger partial charge < -0.3 is 4.90 Å². The fraction of sp³-hybridized carbons (Fsp3) is 0.538. The smallest absolute Gasteiger partial charge is 0.323 e. The summed E-state index contributed by atoms with van der Waals surface area (Å²) < 4.78 is 0. The van der Waals surface area contributed by atoms with Crippen LogP contribution in [0.5, 0.6) is 0 Å². The van der Waals surface area contributed by atoms with Gasteiger partial charge >= 0.3 is 6.03 Å². The van der Waals surface area contributed by atoms with Crippen molar-refractivity contribution >= 4 is 11.7 Å². The van der Waals surface area contributed by atoms with Crippen molar-refractivity contribution < 1.29 is 4.79 Å². The second-order valence-corrected chi connectivity index (χ2v) is 4.33. The molecule has 1 aromatic rings. The third kappa shape index (κ3) is 2.75. The van der Waals surface area contributed by atoms with Crippen LogP contribution in [-0.2, 0) is 0 Å². The summed E-state index contributed by atoms with van der Waals surface area (Å²) in [5, 5.41) is 0. The minimum absolute atomic E-state index is 0.132. The monoisotopic (exact) mass is 233 g/mol. The molecule has 1 fully saturated rings. The maximum absolute atomic E-state index is 12.1. The SMILES string of the molecule is CCCCCN1CCN(c2ccncc2)C1=O. The second-order valence-electron chi connectivity index (χ2n) is 4.33. The molecule has 4 heteroatoms. The fourth-order valence-corrected chi connectivity index (χ4v) is 2.11. The lowest BCUT2D eigenvalue weighted by atomic mass is 10.2. The lowest BCUT2D eigenvalue weighted by molar-refractivity contribution is 0.219. The average molecular weight is 233 g/mol. The molecule has 2 amide bonds. The molecule has 0 N–H and O–H groups in total. The molecule has 0 aliphatic carbocycles. The van der Waals surface area contributed by atoms with Crippen molar-refractivity contribution in [3.63, 3.8) is 0 Å². The van der Waals surface area contributed by atoms with Gasteiger partial charge in [-0.3, -0.25) is 9.88 Å². The number of anilines is 1. The van der Waals surface area contributed by atoms with Crippen molar-refractivity contribution in [1.29, 1.82) is 0 Å². The van der Waals surface area contributed by atoms with Crippen molar-refractivity contribution in [3.8, 4) is 0 Å². The van der Waals surface area contributed by atoms with Gasteiger partial charge in [0.05, 0.1) is 0 Å². The Labute approximate surface area is 102 Å². The Kier molecular flexibility index (Phi) is 3.96. The third-order valence-corrected chi connectivity index (χ3v) is 3.10. The lowest BCUT2D eigenvalue weighted by Gasteiger charge is -2.18. The van der Waals surface area contributed by atoms with Crippen LogP contribution in [0, 0.1) is 0 Å². The van der Waals surface area contributed by atoms with Crippen LogP contribution in [0.4, 0.5) is 10.5 Å². The summed E-state index contributed by atoms with van der Waals surface area (Å²) in [5.41, 5.74) is 0.947. The van der Waals surface area contributed by atoms with E-state index in [9.17, 15) is 4.79 Å². The van der Waals surface area contributed by atoms with Crippen LogP contribution in [0.15, 0.2) is 24.5 Å². The van der Waals surface area contributed by atoms with Crippen LogP contribution in [0.2, 0.25) is 0 Å². The first-order valence-electron chi connectivity index (χ1n) is 6.29. The van der Waals surface area contributed by atoms with Gasteiger partial charge in [-0.25, -0.2) is 4.79 Å². The highest BCUT2D eigenvalue weighted by molar-refractivity contribution is 5.93. The summed E-state index contributed by atoms with van der Waals surface area (Å²) in [6.45, 7) is 4.68. The van der Waals surface area contributed by atoms with Crippen LogP contribution in [0.1, 0.15) is 26.2 Å². The zero-order valence-corrected chi connectivity index (χ0v) is 10.3. The molecule has 0 spiro atoms. The Morgan fingerprint density at radius 2 is 2.00 bits per heavy atom. The Morgan fingerprint density at radius 3 is 2.71 bits per heavy atom. The van der Waals surface area contributed by atoms with Gasteiger partial charge in [0, 0.05) is 37.7 Å². The number of unbranched alkanes of at least 4 members (excludes halogenated alkanes) is 2. The molecular weight excluding hydrogens is 214 g/mol. The van der Waals surface area contributed by atoms with Crippen molar-refractivity contribution in [3.05, 3.63) is 24.5 Å². The van der Waals surface area contributed by atoms with Crippen LogP contribution in [0.3, 0.4) is 0 Å². The number of pyridine rings is 1. The van der Waals surface area contributed by atoms with Crippen molar-refractivity contribution in [2.75, 3.05) is 24.5 Å². The number of urea groups is 1. The van der Waals surface area contributed by atoms with Gasteiger partial charge in [0.15, 0.2) is 0 Å². The fourth-order valence-electron chi connectivity index (χ4n) is 2.11. The zero-order chi connectivity index (χ0) is 12.1.